The van der Waals surface area contributed by atoms with Gasteiger partial charge in [-0.05, 0) is 30.3 Å². The molecular weight excluding hydrogens is 428 g/mol. The van der Waals surface area contributed by atoms with Crippen molar-refractivity contribution in [1.29, 1.82) is 0 Å². The van der Waals surface area contributed by atoms with Crippen molar-refractivity contribution in [3.63, 3.8) is 0 Å². The first-order valence-corrected chi connectivity index (χ1v) is 9.79. The average molecular weight is 445 g/mol. The minimum Gasteiger partial charge on any atom is -0.348 e. The van der Waals surface area contributed by atoms with Crippen LogP contribution in [0, 0.1) is 0 Å². The second-order valence-electron chi connectivity index (χ2n) is 6.28. The van der Waals surface area contributed by atoms with Crippen LogP contribution in [0.1, 0.15) is 9.67 Å². The molecule has 0 spiro atoms. The van der Waals surface area contributed by atoms with Crippen molar-refractivity contribution in [2.45, 2.75) is 0 Å². The van der Waals surface area contributed by atoms with E-state index in [1.165, 1.54) is 11.3 Å². The zero-order chi connectivity index (χ0) is 19.1. The predicted molar refractivity (Wildman–Crippen MR) is 112 cm³/mol. The molecule has 138 valence electrons. The molecule has 0 aliphatic rings. The molecule has 0 unspecified atom stereocenters. The molecule has 0 bridgehead atoms. The van der Waals surface area contributed by atoms with Gasteiger partial charge >= 0.3 is 0 Å². The zero-order valence-electron chi connectivity index (χ0n) is 15.0. The number of aromatic nitrogens is 4. The topological polar surface area (TPSA) is 68.0 Å². The summed E-state index contributed by atoms with van der Waals surface area (Å²) in [6.07, 6.45) is 3.38. The normalized spacial score (nSPS) is 11.1. The van der Waals surface area contributed by atoms with Crippen molar-refractivity contribution in [1.82, 2.24) is 19.3 Å². The third-order valence-electron chi connectivity index (χ3n) is 3.99. The van der Waals surface area contributed by atoms with Crippen LogP contribution in [0.3, 0.4) is 0 Å². The molecule has 7 nitrogen and oxygen atoms in total. The van der Waals surface area contributed by atoms with E-state index in [0.29, 0.717) is 10.6 Å². The van der Waals surface area contributed by atoms with E-state index in [1.807, 2.05) is 56.4 Å². The predicted octanol–water partition coefficient (Wildman–Crippen LogP) is 3.90. The summed E-state index contributed by atoms with van der Waals surface area (Å²) >= 11 is 4.89. The van der Waals surface area contributed by atoms with Crippen LogP contribution in [-0.4, -0.2) is 39.3 Å². The molecule has 4 rings (SSSR count). The quantitative estimate of drug-likeness (QED) is 0.518. The van der Waals surface area contributed by atoms with E-state index in [0.717, 1.165) is 26.5 Å². The number of anilines is 2. The Morgan fingerprint density at radius 3 is 2.63 bits per heavy atom. The van der Waals surface area contributed by atoms with Gasteiger partial charge in [-0.2, -0.15) is 5.10 Å². The molecule has 4 aromatic rings. The zero-order valence-corrected chi connectivity index (χ0v) is 17.4. The fraction of sp³-hybridized carbons (Fsp3) is 0.167. The smallest absolute Gasteiger partial charge is 0.265 e. The third kappa shape index (κ3) is 3.35. The van der Waals surface area contributed by atoms with Crippen LogP contribution in [0.2, 0.25) is 0 Å². The number of benzene rings is 1. The fourth-order valence-electron chi connectivity index (χ4n) is 2.77. The number of rotatable bonds is 4. The van der Waals surface area contributed by atoms with Gasteiger partial charge in [0.05, 0.1) is 16.8 Å². The Morgan fingerprint density at radius 2 is 2.00 bits per heavy atom. The molecule has 0 aliphatic heterocycles. The molecule has 0 fully saturated rings. The maximum absolute atomic E-state index is 12.6. The average Bonchev–Trinajstić information content (AvgIpc) is 3.29. The van der Waals surface area contributed by atoms with Gasteiger partial charge in [-0.3, -0.25) is 14.0 Å². The first kappa shape index (κ1) is 17.7. The van der Waals surface area contributed by atoms with Crippen LogP contribution in [0.4, 0.5) is 11.6 Å². The Morgan fingerprint density at radius 1 is 1.26 bits per heavy atom. The number of aryl methyl sites for hydroxylation is 1. The van der Waals surface area contributed by atoms with E-state index in [1.54, 1.807) is 17.1 Å². The number of carbonyl (C=O) groups excluding carboxylic acids is 1. The molecule has 1 amide bonds. The Hall–Kier alpha value is -2.65. The lowest BCUT2D eigenvalue weighted by Crippen LogP contribution is -2.14. The van der Waals surface area contributed by atoms with Gasteiger partial charge in [-0.15, -0.1) is 11.3 Å². The number of hydrogen-bond acceptors (Lipinski definition) is 5. The lowest BCUT2D eigenvalue weighted by atomic mass is 10.3. The summed E-state index contributed by atoms with van der Waals surface area (Å²) in [5.41, 5.74) is 2.45. The van der Waals surface area contributed by atoms with Crippen LogP contribution in [0.25, 0.3) is 16.0 Å². The first-order chi connectivity index (χ1) is 12.9. The van der Waals surface area contributed by atoms with E-state index in [9.17, 15) is 4.79 Å². The minimum atomic E-state index is -0.167. The van der Waals surface area contributed by atoms with E-state index < -0.39 is 0 Å². The summed E-state index contributed by atoms with van der Waals surface area (Å²) in [6.45, 7) is 0. The number of nitrogens with zero attached hydrogens (tertiary/aromatic N) is 5. The number of halogens is 1. The van der Waals surface area contributed by atoms with Crippen LogP contribution < -0.4 is 10.2 Å². The van der Waals surface area contributed by atoms with Crippen molar-refractivity contribution >= 4 is 55.2 Å². The van der Waals surface area contributed by atoms with Crippen molar-refractivity contribution in [3.8, 4) is 5.69 Å². The van der Waals surface area contributed by atoms with E-state index in [4.69, 9.17) is 4.98 Å². The second kappa shape index (κ2) is 6.82. The van der Waals surface area contributed by atoms with Gasteiger partial charge in [0.25, 0.3) is 5.91 Å². The van der Waals surface area contributed by atoms with Crippen molar-refractivity contribution < 1.29 is 4.79 Å². The van der Waals surface area contributed by atoms with Crippen LogP contribution in [0.5, 0.6) is 0 Å². The van der Waals surface area contributed by atoms with E-state index in [-0.39, 0.29) is 5.91 Å². The number of hydrogen-bond donors (Lipinski definition) is 1. The minimum absolute atomic E-state index is 0.167. The van der Waals surface area contributed by atoms with Crippen molar-refractivity contribution in [2.75, 3.05) is 24.3 Å². The van der Waals surface area contributed by atoms with Gasteiger partial charge < -0.3 is 10.2 Å². The number of fused-ring (bicyclic) bond motifs is 1. The van der Waals surface area contributed by atoms with Gasteiger partial charge in [0.2, 0.25) is 5.95 Å². The van der Waals surface area contributed by atoms with Gasteiger partial charge in [0, 0.05) is 37.5 Å². The molecule has 3 aromatic heterocycles. The molecule has 1 aromatic carbocycles. The Bertz CT molecular complexity index is 1120. The highest BCUT2D eigenvalue weighted by Gasteiger charge is 2.20. The Balaban J connectivity index is 1.76. The molecule has 0 saturated carbocycles. The largest absolute Gasteiger partial charge is 0.348 e. The van der Waals surface area contributed by atoms with Crippen molar-refractivity contribution in [2.24, 2.45) is 7.05 Å². The summed E-state index contributed by atoms with van der Waals surface area (Å²) in [7, 11) is 5.72. The summed E-state index contributed by atoms with van der Waals surface area (Å²) in [6, 6.07) is 9.85. The molecule has 0 radical (unpaired) electrons. The van der Waals surface area contributed by atoms with Gasteiger partial charge in [0.15, 0.2) is 0 Å². The second-order valence-corrected chi connectivity index (χ2v) is 8.22. The summed E-state index contributed by atoms with van der Waals surface area (Å²) < 4.78 is 4.72. The maximum Gasteiger partial charge on any atom is 0.265 e. The number of nitrogens with one attached hydrogen (secondary N) is 1. The molecule has 27 heavy (non-hydrogen) atoms. The molecule has 3 heterocycles. The van der Waals surface area contributed by atoms with E-state index >= 15 is 0 Å². The SMILES string of the molecule is CN(C)c1nc2cc(C(=O)Nc3cnn(C)c3)sc2n1-c1ccc(Br)cc1. The van der Waals surface area contributed by atoms with E-state index in [2.05, 4.69) is 30.9 Å². The molecule has 0 aliphatic carbocycles. The highest BCUT2D eigenvalue weighted by molar-refractivity contribution is 9.10. The summed E-state index contributed by atoms with van der Waals surface area (Å²) in [5.74, 6) is 0.651. The first-order valence-electron chi connectivity index (χ1n) is 8.18. The molecule has 1 N–H and O–H groups in total. The van der Waals surface area contributed by atoms with Crippen molar-refractivity contribution in [3.05, 3.63) is 52.1 Å². The number of carbonyl (C=O) groups is 1. The lowest BCUT2D eigenvalue weighted by molar-refractivity contribution is 0.103. The lowest BCUT2D eigenvalue weighted by Gasteiger charge is -2.14. The standard InChI is InChI=1S/C18H17BrN6OS/c1-23(2)18-22-14-8-15(16(26)21-12-9-20-24(3)10-12)27-17(14)25(18)13-6-4-11(19)5-7-13/h4-10H,1-3H3,(H,21,26). The summed E-state index contributed by atoms with van der Waals surface area (Å²) in [4.78, 5) is 20.8. The molecular formula is C18H17BrN6OS. The van der Waals surface area contributed by atoms with Crippen LogP contribution in [-0.2, 0) is 7.05 Å². The third-order valence-corrected chi connectivity index (χ3v) is 5.63. The maximum atomic E-state index is 12.6. The highest BCUT2D eigenvalue weighted by atomic mass is 79.9. The molecule has 0 atom stereocenters. The fourth-order valence-corrected chi connectivity index (χ4v) is 4.05. The van der Waals surface area contributed by atoms with Gasteiger partial charge in [-0.25, -0.2) is 4.98 Å². The monoisotopic (exact) mass is 444 g/mol. The van der Waals surface area contributed by atoms with Crippen LogP contribution >= 0.6 is 27.3 Å². The van der Waals surface area contributed by atoms with Gasteiger partial charge in [-0.1, -0.05) is 15.9 Å². The number of imidazole rings is 1. The Kier molecular flexibility index (Phi) is 4.48. The van der Waals surface area contributed by atoms with Gasteiger partial charge in [0.1, 0.15) is 10.3 Å². The number of thiophene rings is 1. The summed E-state index contributed by atoms with van der Waals surface area (Å²) in [5, 5.41) is 6.94. The molecule has 0 saturated heterocycles. The molecule has 9 heteroatoms. The highest BCUT2D eigenvalue weighted by Crippen LogP contribution is 2.33. The van der Waals surface area contributed by atoms with Crippen LogP contribution in [0.15, 0.2) is 47.2 Å². The number of amides is 1. The Labute approximate surface area is 168 Å².